The molecule has 0 aliphatic carbocycles. The van der Waals surface area contributed by atoms with E-state index >= 15 is 0 Å². The lowest BCUT2D eigenvalue weighted by Crippen LogP contribution is -2.49. The molecule has 1 fully saturated rings. The lowest BCUT2D eigenvalue weighted by atomic mass is 9.95. The number of carbonyl (C=O) groups excluding carboxylic acids is 1. The van der Waals surface area contributed by atoms with Crippen LogP contribution in [0.1, 0.15) is 40.0 Å². The first-order chi connectivity index (χ1) is 8.69. The summed E-state index contributed by atoms with van der Waals surface area (Å²) in [5.74, 6) is 0.967. The summed E-state index contributed by atoms with van der Waals surface area (Å²) in [6.45, 7) is 11.3. The van der Waals surface area contributed by atoms with Gasteiger partial charge in [-0.25, -0.2) is 0 Å². The molecule has 2 N–H and O–H groups in total. The number of amides is 1. The van der Waals surface area contributed by atoms with Crippen LogP contribution in [-0.4, -0.2) is 49.6 Å². The summed E-state index contributed by atoms with van der Waals surface area (Å²) in [6, 6.07) is 0.0247. The summed E-state index contributed by atoms with van der Waals surface area (Å²) in [6.07, 6.45) is 3.42. The maximum absolute atomic E-state index is 11.9. The normalized spacial score (nSPS) is 18.7. The molecular weight excluding hydrogens is 262 g/mol. The van der Waals surface area contributed by atoms with Gasteiger partial charge in [-0.05, 0) is 58.3 Å². The van der Waals surface area contributed by atoms with Gasteiger partial charge in [-0.2, -0.15) is 0 Å². The summed E-state index contributed by atoms with van der Waals surface area (Å²) in [7, 11) is 0. The maximum Gasteiger partial charge on any atom is 0.237 e. The molecule has 0 aromatic carbocycles. The van der Waals surface area contributed by atoms with E-state index in [4.69, 9.17) is 0 Å². The van der Waals surface area contributed by atoms with Crippen molar-refractivity contribution in [2.24, 2.45) is 5.92 Å². The lowest BCUT2D eigenvalue weighted by molar-refractivity contribution is -0.126. The molecule has 1 amide bonds. The van der Waals surface area contributed by atoms with Crippen molar-refractivity contribution in [1.82, 2.24) is 15.5 Å². The Labute approximate surface area is 124 Å². The summed E-state index contributed by atoms with van der Waals surface area (Å²) in [5.41, 5.74) is 0. The number of halogens is 1. The number of nitrogens with one attached hydrogen (secondary N) is 2. The SMILES string of the molecule is CCCNC(=O)C(C)N1CCC(CNCC)CC1.Cl. The van der Waals surface area contributed by atoms with Crippen LogP contribution in [0, 0.1) is 5.92 Å². The highest BCUT2D eigenvalue weighted by Crippen LogP contribution is 2.18. The molecule has 1 saturated heterocycles. The molecule has 0 bridgehead atoms. The minimum absolute atomic E-state index is 0. The Bertz CT molecular complexity index is 243. The first-order valence-corrected chi connectivity index (χ1v) is 7.41. The minimum Gasteiger partial charge on any atom is -0.355 e. The quantitative estimate of drug-likeness (QED) is 0.750. The third-order valence-electron chi connectivity index (χ3n) is 3.81. The highest BCUT2D eigenvalue weighted by molar-refractivity contribution is 5.85. The van der Waals surface area contributed by atoms with E-state index < -0.39 is 0 Å². The van der Waals surface area contributed by atoms with E-state index in [9.17, 15) is 4.79 Å². The number of nitrogens with zero attached hydrogens (tertiary/aromatic N) is 1. The lowest BCUT2D eigenvalue weighted by Gasteiger charge is -2.35. The van der Waals surface area contributed by atoms with Crippen molar-refractivity contribution in [1.29, 1.82) is 0 Å². The van der Waals surface area contributed by atoms with Crippen LogP contribution in [0.5, 0.6) is 0 Å². The van der Waals surface area contributed by atoms with E-state index in [-0.39, 0.29) is 24.4 Å². The Balaban J connectivity index is 0.00000324. The predicted molar refractivity (Wildman–Crippen MR) is 82.9 cm³/mol. The number of rotatable bonds is 7. The maximum atomic E-state index is 11.9. The molecule has 1 rings (SSSR count). The topological polar surface area (TPSA) is 44.4 Å². The van der Waals surface area contributed by atoms with E-state index in [0.717, 1.165) is 45.1 Å². The van der Waals surface area contributed by atoms with E-state index in [1.54, 1.807) is 0 Å². The van der Waals surface area contributed by atoms with Crippen LogP contribution in [0.2, 0.25) is 0 Å². The largest absolute Gasteiger partial charge is 0.355 e. The Morgan fingerprint density at radius 1 is 1.32 bits per heavy atom. The van der Waals surface area contributed by atoms with Gasteiger partial charge < -0.3 is 10.6 Å². The predicted octanol–water partition coefficient (Wildman–Crippen LogP) is 1.64. The molecule has 114 valence electrons. The van der Waals surface area contributed by atoms with Crippen molar-refractivity contribution in [2.75, 3.05) is 32.7 Å². The summed E-state index contributed by atoms with van der Waals surface area (Å²) < 4.78 is 0. The van der Waals surface area contributed by atoms with E-state index in [1.807, 2.05) is 6.92 Å². The van der Waals surface area contributed by atoms with Gasteiger partial charge in [-0.3, -0.25) is 9.69 Å². The van der Waals surface area contributed by atoms with Crippen LogP contribution in [0.3, 0.4) is 0 Å². The highest BCUT2D eigenvalue weighted by atomic mass is 35.5. The van der Waals surface area contributed by atoms with Crippen LogP contribution >= 0.6 is 12.4 Å². The number of piperidine rings is 1. The average molecular weight is 292 g/mol. The van der Waals surface area contributed by atoms with Crippen LogP contribution < -0.4 is 10.6 Å². The average Bonchev–Trinajstić information content (AvgIpc) is 2.42. The second kappa shape index (κ2) is 10.5. The smallest absolute Gasteiger partial charge is 0.237 e. The van der Waals surface area contributed by atoms with Gasteiger partial charge in [0, 0.05) is 6.54 Å². The third kappa shape index (κ3) is 6.59. The second-order valence-corrected chi connectivity index (χ2v) is 5.25. The van der Waals surface area contributed by atoms with Gasteiger partial charge >= 0.3 is 0 Å². The first-order valence-electron chi connectivity index (χ1n) is 7.41. The standard InChI is InChI=1S/C14H29N3O.ClH/c1-4-8-16-14(18)12(3)17-9-6-13(7-10-17)11-15-5-2;/h12-13,15H,4-11H2,1-3H3,(H,16,18);1H. The van der Waals surface area contributed by atoms with Crippen LogP contribution in [0.15, 0.2) is 0 Å². The molecule has 1 unspecified atom stereocenters. The molecule has 0 saturated carbocycles. The second-order valence-electron chi connectivity index (χ2n) is 5.25. The fourth-order valence-corrected chi connectivity index (χ4v) is 2.45. The molecule has 0 radical (unpaired) electrons. The molecule has 0 spiro atoms. The van der Waals surface area contributed by atoms with Gasteiger partial charge in [0.05, 0.1) is 6.04 Å². The zero-order chi connectivity index (χ0) is 13.4. The third-order valence-corrected chi connectivity index (χ3v) is 3.81. The zero-order valence-electron chi connectivity index (χ0n) is 12.6. The molecule has 0 aromatic heterocycles. The van der Waals surface area contributed by atoms with Crippen LogP contribution in [0.25, 0.3) is 0 Å². The Hall–Kier alpha value is -0.320. The summed E-state index contributed by atoms with van der Waals surface area (Å²) in [5, 5.41) is 6.40. The molecule has 1 atom stereocenters. The molecule has 4 nitrogen and oxygen atoms in total. The molecule has 1 aliphatic heterocycles. The molecular formula is C14H30ClN3O. The number of carbonyl (C=O) groups is 1. The van der Waals surface area contributed by atoms with Gasteiger partial charge in [0.25, 0.3) is 0 Å². The van der Waals surface area contributed by atoms with Gasteiger partial charge in [-0.15, -0.1) is 12.4 Å². The van der Waals surface area contributed by atoms with Gasteiger partial charge in [0.1, 0.15) is 0 Å². The van der Waals surface area contributed by atoms with Crippen molar-refractivity contribution >= 4 is 18.3 Å². The summed E-state index contributed by atoms with van der Waals surface area (Å²) in [4.78, 5) is 14.2. The van der Waals surface area contributed by atoms with Crippen LogP contribution in [-0.2, 0) is 4.79 Å². The molecule has 1 aliphatic rings. The minimum atomic E-state index is 0. The van der Waals surface area contributed by atoms with Crippen molar-refractivity contribution in [2.45, 2.75) is 46.1 Å². The van der Waals surface area contributed by atoms with E-state index in [1.165, 1.54) is 12.8 Å². The van der Waals surface area contributed by atoms with Crippen molar-refractivity contribution in [3.05, 3.63) is 0 Å². The zero-order valence-corrected chi connectivity index (χ0v) is 13.4. The van der Waals surface area contributed by atoms with Gasteiger partial charge in [-0.1, -0.05) is 13.8 Å². The number of likely N-dealkylation sites (tertiary alicyclic amines) is 1. The van der Waals surface area contributed by atoms with Crippen LogP contribution in [0.4, 0.5) is 0 Å². The number of hydrogen-bond acceptors (Lipinski definition) is 3. The molecule has 19 heavy (non-hydrogen) atoms. The van der Waals surface area contributed by atoms with E-state index in [2.05, 4.69) is 29.4 Å². The molecule has 0 aromatic rings. The Morgan fingerprint density at radius 2 is 1.95 bits per heavy atom. The fourth-order valence-electron chi connectivity index (χ4n) is 2.45. The van der Waals surface area contributed by atoms with Gasteiger partial charge in [0.15, 0.2) is 0 Å². The van der Waals surface area contributed by atoms with Crippen molar-refractivity contribution in [3.63, 3.8) is 0 Å². The molecule has 5 heteroatoms. The fraction of sp³-hybridized carbons (Fsp3) is 0.929. The summed E-state index contributed by atoms with van der Waals surface area (Å²) >= 11 is 0. The van der Waals surface area contributed by atoms with Crippen molar-refractivity contribution in [3.8, 4) is 0 Å². The van der Waals surface area contributed by atoms with E-state index in [0.29, 0.717) is 0 Å². The first kappa shape index (κ1) is 18.7. The molecule has 1 heterocycles. The number of hydrogen-bond donors (Lipinski definition) is 2. The van der Waals surface area contributed by atoms with Crippen molar-refractivity contribution < 1.29 is 4.79 Å². The van der Waals surface area contributed by atoms with Gasteiger partial charge in [0.2, 0.25) is 5.91 Å². The monoisotopic (exact) mass is 291 g/mol. The Morgan fingerprint density at radius 3 is 2.47 bits per heavy atom. The Kier molecular flexibility index (Phi) is 10.3. The highest BCUT2D eigenvalue weighted by Gasteiger charge is 2.25.